The molecular formula is C12H10ClNO3S. The molecule has 3 aliphatic rings. The van der Waals surface area contributed by atoms with Gasteiger partial charge < -0.3 is 0 Å². The van der Waals surface area contributed by atoms with E-state index in [1.165, 1.54) is 11.1 Å². The molecule has 2 bridgehead atoms. The van der Waals surface area contributed by atoms with Crippen molar-refractivity contribution in [2.45, 2.75) is 24.3 Å². The monoisotopic (exact) mass is 283 g/mol. The van der Waals surface area contributed by atoms with Gasteiger partial charge in [0.2, 0.25) is 5.91 Å². The second-order valence-corrected chi connectivity index (χ2v) is 7.56. The minimum absolute atomic E-state index is 0.127. The minimum Gasteiger partial charge on any atom is -0.273 e. The van der Waals surface area contributed by atoms with Gasteiger partial charge in [-0.25, -0.2) is 4.31 Å². The smallest absolute Gasteiger partial charge is 0.273 e. The zero-order chi connectivity index (χ0) is 12.7. The molecule has 0 N–H and O–H groups in total. The molecule has 0 spiro atoms. The van der Waals surface area contributed by atoms with Crippen molar-refractivity contribution in [3.8, 4) is 0 Å². The van der Waals surface area contributed by atoms with E-state index in [-0.39, 0.29) is 29.7 Å². The molecule has 4 atom stereocenters. The second-order valence-electron chi connectivity index (χ2n) is 5.17. The van der Waals surface area contributed by atoms with Crippen molar-refractivity contribution in [2.24, 2.45) is 5.92 Å². The number of carbonyl (C=O) groups excluding carboxylic acids is 1. The Hall–Kier alpha value is -1.07. The first kappa shape index (κ1) is 10.8. The lowest BCUT2D eigenvalue weighted by molar-refractivity contribution is -0.145. The van der Waals surface area contributed by atoms with Gasteiger partial charge in [-0.3, -0.25) is 4.79 Å². The average Bonchev–Trinajstić information content (AvgIpc) is 2.79. The topological polar surface area (TPSA) is 54.5 Å². The van der Waals surface area contributed by atoms with Crippen LogP contribution in [0.3, 0.4) is 0 Å². The maximum Gasteiger partial charge on any atom is 0.324 e. The number of amides is 1. The molecule has 2 fully saturated rings. The summed E-state index contributed by atoms with van der Waals surface area (Å²) < 4.78 is 23.7. The summed E-state index contributed by atoms with van der Waals surface area (Å²) in [6.45, 7) is 0. The number of hydrogen-bond donors (Lipinski definition) is 0. The van der Waals surface area contributed by atoms with Crippen molar-refractivity contribution in [1.29, 1.82) is 0 Å². The number of nitrogens with zero attached hydrogens (tertiary/aromatic N) is 1. The van der Waals surface area contributed by atoms with E-state index >= 15 is 0 Å². The number of fused-ring (bicyclic) bond motifs is 8. The maximum absolute atomic E-state index is 12.0. The highest BCUT2D eigenvalue weighted by atomic mass is 35.7. The summed E-state index contributed by atoms with van der Waals surface area (Å²) in [4.78, 5) is 12.0. The molecule has 0 radical (unpaired) electrons. The fraction of sp³-hybridized carbons (Fsp3) is 0.417. The van der Waals surface area contributed by atoms with E-state index in [9.17, 15) is 13.2 Å². The van der Waals surface area contributed by atoms with E-state index in [4.69, 9.17) is 10.7 Å². The van der Waals surface area contributed by atoms with Gasteiger partial charge in [-0.05, 0) is 23.5 Å². The normalized spacial score (nSPS) is 36.3. The highest BCUT2D eigenvalue weighted by Crippen LogP contribution is 2.62. The summed E-state index contributed by atoms with van der Waals surface area (Å²) >= 11 is 0. The minimum atomic E-state index is -3.94. The van der Waals surface area contributed by atoms with Gasteiger partial charge >= 0.3 is 9.24 Å². The molecule has 6 heteroatoms. The summed E-state index contributed by atoms with van der Waals surface area (Å²) in [6, 6.07) is 7.74. The summed E-state index contributed by atoms with van der Waals surface area (Å²) in [5.41, 5.74) is 2.39. The van der Waals surface area contributed by atoms with Crippen LogP contribution in [0.4, 0.5) is 0 Å². The van der Waals surface area contributed by atoms with Crippen LogP contribution in [0.15, 0.2) is 24.3 Å². The molecule has 4 nitrogen and oxygen atoms in total. The van der Waals surface area contributed by atoms with Gasteiger partial charge in [0.1, 0.15) is 0 Å². The summed E-state index contributed by atoms with van der Waals surface area (Å²) in [5, 5.41) is 0. The van der Waals surface area contributed by atoms with E-state index in [0.717, 1.165) is 10.7 Å². The van der Waals surface area contributed by atoms with E-state index in [1.54, 1.807) is 0 Å². The van der Waals surface area contributed by atoms with E-state index in [0.29, 0.717) is 0 Å². The number of β-lactam (4-membered cyclic amide) rings is 1. The van der Waals surface area contributed by atoms with Gasteiger partial charge in [0.05, 0.1) is 12.0 Å². The Morgan fingerprint density at radius 3 is 2.39 bits per heavy atom. The number of halogens is 1. The number of benzene rings is 1. The zero-order valence-corrected chi connectivity index (χ0v) is 10.9. The average molecular weight is 284 g/mol. The molecule has 1 amide bonds. The molecule has 1 heterocycles. The fourth-order valence-electron chi connectivity index (χ4n) is 3.96. The quantitative estimate of drug-likeness (QED) is 0.581. The van der Waals surface area contributed by atoms with Gasteiger partial charge in [0.15, 0.2) is 0 Å². The van der Waals surface area contributed by atoms with Crippen molar-refractivity contribution in [3.05, 3.63) is 35.4 Å². The number of hydrogen-bond acceptors (Lipinski definition) is 3. The Bertz CT molecular complexity index is 672. The maximum atomic E-state index is 12.0. The van der Waals surface area contributed by atoms with Crippen molar-refractivity contribution in [1.82, 2.24) is 4.31 Å². The van der Waals surface area contributed by atoms with Crippen LogP contribution in [0.5, 0.6) is 0 Å². The van der Waals surface area contributed by atoms with Gasteiger partial charge in [-0.1, -0.05) is 24.3 Å². The first-order valence-electron chi connectivity index (χ1n) is 5.87. The second kappa shape index (κ2) is 3.08. The van der Waals surface area contributed by atoms with Crippen LogP contribution in [-0.4, -0.2) is 24.7 Å². The third-order valence-corrected chi connectivity index (χ3v) is 5.86. The molecule has 1 saturated carbocycles. The van der Waals surface area contributed by atoms with Crippen LogP contribution < -0.4 is 0 Å². The molecule has 1 aliphatic heterocycles. The molecular weight excluding hydrogens is 274 g/mol. The van der Waals surface area contributed by atoms with Gasteiger partial charge in [-0.15, -0.1) is 0 Å². The SMILES string of the molecule is O=C1[C@H]2[C@@H]([C@@H]3C[C@@H]2c2ccccc23)N1S(=O)(=O)Cl. The standard InChI is InChI=1S/C12H10ClNO3S/c13-18(16,17)14-11-9-5-8(10(11)12(14)15)6-3-1-2-4-7(6)9/h1-4,8-11H,5H2/t8-,9-,10-,11-/m1/s1. The van der Waals surface area contributed by atoms with Crippen LogP contribution in [0, 0.1) is 5.92 Å². The lowest BCUT2D eigenvalue weighted by Gasteiger charge is -2.47. The lowest BCUT2D eigenvalue weighted by Crippen LogP contribution is -2.63. The Balaban J connectivity index is 1.84. The van der Waals surface area contributed by atoms with Gasteiger partial charge in [-0.2, -0.15) is 8.42 Å². The molecule has 0 unspecified atom stereocenters. The Morgan fingerprint density at radius 2 is 1.78 bits per heavy atom. The number of rotatable bonds is 1. The van der Waals surface area contributed by atoms with Crippen LogP contribution in [0.2, 0.25) is 0 Å². The molecule has 1 aromatic carbocycles. The first-order chi connectivity index (χ1) is 8.50. The van der Waals surface area contributed by atoms with Crippen molar-refractivity contribution in [3.63, 3.8) is 0 Å². The highest BCUT2D eigenvalue weighted by molar-refractivity contribution is 8.12. The summed E-state index contributed by atoms with van der Waals surface area (Å²) in [7, 11) is 1.40. The van der Waals surface area contributed by atoms with Crippen LogP contribution in [-0.2, 0) is 14.0 Å². The highest BCUT2D eigenvalue weighted by Gasteiger charge is 2.66. The van der Waals surface area contributed by atoms with Crippen molar-refractivity contribution < 1.29 is 13.2 Å². The van der Waals surface area contributed by atoms with E-state index in [1.807, 2.05) is 24.3 Å². The molecule has 94 valence electrons. The third kappa shape index (κ3) is 1.07. The largest absolute Gasteiger partial charge is 0.324 e. The van der Waals surface area contributed by atoms with Crippen molar-refractivity contribution in [2.75, 3.05) is 0 Å². The Morgan fingerprint density at radius 1 is 1.17 bits per heavy atom. The zero-order valence-electron chi connectivity index (χ0n) is 9.28. The molecule has 4 rings (SSSR count). The molecule has 0 aromatic heterocycles. The first-order valence-corrected chi connectivity index (χ1v) is 8.13. The van der Waals surface area contributed by atoms with Crippen molar-refractivity contribution >= 4 is 25.8 Å². The van der Waals surface area contributed by atoms with Gasteiger partial charge in [0, 0.05) is 16.6 Å². The lowest BCUT2D eigenvalue weighted by atomic mass is 9.75. The van der Waals surface area contributed by atoms with Crippen LogP contribution in [0.1, 0.15) is 29.4 Å². The van der Waals surface area contributed by atoms with Crippen LogP contribution >= 0.6 is 10.7 Å². The third-order valence-electron chi connectivity index (χ3n) is 4.52. The Labute approximate surface area is 109 Å². The van der Waals surface area contributed by atoms with Gasteiger partial charge in [0.25, 0.3) is 0 Å². The fourth-order valence-corrected chi connectivity index (χ4v) is 5.34. The van der Waals surface area contributed by atoms with E-state index in [2.05, 4.69) is 0 Å². The summed E-state index contributed by atoms with van der Waals surface area (Å²) in [6.07, 6.45) is 0.864. The summed E-state index contributed by atoms with van der Waals surface area (Å²) in [5.74, 6) is -0.212. The number of carbonyl (C=O) groups is 1. The van der Waals surface area contributed by atoms with Crippen LogP contribution in [0.25, 0.3) is 0 Å². The molecule has 1 aromatic rings. The van der Waals surface area contributed by atoms with E-state index < -0.39 is 9.24 Å². The molecule has 2 aliphatic carbocycles. The Kier molecular flexibility index (Phi) is 1.85. The predicted octanol–water partition coefficient (Wildman–Crippen LogP) is 1.58. The molecule has 18 heavy (non-hydrogen) atoms. The predicted molar refractivity (Wildman–Crippen MR) is 65.4 cm³/mol. The molecule has 1 saturated heterocycles.